The molecule has 1 aromatic heterocycles. The molecule has 0 spiro atoms. The molecule has 0 aliphatic rings. The van der Waals surface area contributed by atoms with E-state index < -0.39 is 5.97 Å². The van der Waals surface area contributed by atoms with Crippen molar-refractivity contribution in [3.63, 3.8) is 0 Å². The van der Waals surface area contributed by atoms with Crippen molar-refractivity contribution < 1.29 is 9.90 Å². The van der Waals surface area contributed by atoms with E-state index in [1.807, 2.05) is 25.4 Å². The van der Waals surface area contributed by atoms with Gasteiger partial charge < -0.3 is 15.0 Å². The summed E-state index contributed by atoms with van der Waals surface area (Å²) >= 11 is 0. The van der Waals surface area contributed by atoms with Crippen LogP contribution in [-0.2, 0) is 6.54 Å². The second kappa shape index (κ2) is 5.71. The Morgan fingerprint density at radius 3 is 2.58 bits per heavy atom. The highest BCUT2D eigenvalue weighted by molar-refractivity contribution is 5.87. The zero-order chi connectivity index (χ0) is 13.8. The highest BCUT2D eigenvalue weighted by Gasteiger charge is 2.05. The first-order valence-electron chi connectivity index (χ1n) is 6.25. The van der Waals surface area contributed by atoms with Gasteiger partial charge >= 0.3 is 5.97 Å². The van der Waals surface area contributed by atoms with Crippen LogP contribution in [0.5, 0.6) is 0 Å². The standard InChI is InChI=1S/C15H18N2O2/c1-11(16-2)14-7-8-17(10-14)9-12-3-5-13(6-4-12)15(18)19/h3-8,10-11,16H,9H2,1-2H3,(H,18,19). The minimum absolute atomic E-state index is 0.320. The van der Waals surface area contributed by atoms with Crippen LogP contribution in [0, 0.1) is 0 Å². The quantitative estimate of drug-likeness (QED) is 0.866. The molecule has 19 heavy (non-hydrogen) atoms. The van der Waals surface area contributed by atoms with Crippen molar-refractivity contribution in [3.8, 4) is 0 Å². The first-order valence-corrected chi connectivity index (χ1v) is 6.25. The maximum atomic E-state index is 10.8. The van der Waals surface area contributed by atoms with E-state index >= 15 is 0 Å². The van der Waals surface area contributed by atoms with E-state index in [0.717, 1.165) is 12.1 Å². The Hall–Kier alpha value is -2.07. The van der Waals surface area contributed by atoms with Crippen LogP contribution < -0.4 is 5.32 Å². The van der Waals surface area contributed by atoms with Gasteiger partial charge in [-0.25, -0.2) is 4.79 Å². The summed E-state index contributed by atoms with van der Waals surface area (Å²) in [7, 11) is 1.94. The van der Waals surface area contributed by atoms with Crippen LogP contribution in [0.25, 0.3) is 0 Å². The van der Waals surface area contributed by atoms with Crippen LogP contribution in [0.3, 0.4) is 0 Å². The second-order valence-corrected chi connectivity index (χ2v) is 4.63. The zero-order valence-electron chi connectivity index (χ0n) is 11.1. The van der Waals surface area contributed by atoms with Gasteiger partial charge in [-0.1, -0.05) is 12.1 Å². The Bertz CT molecular complexity index is 558. The zero-order valence-corrected chi connectivity index (χ0v) is 11.1. The van der Waals surface area contributed by atoms with E-state index in [1.165, 1.54) is 5.56 Å². The van der Waals surface area contributed by atoms with Gasteiger partial charge in [0, 0.05) is 25.0 Å². The van der Waals surface area contributed by atoms with Gasteiger partial charge in [0.2, 0.25) is 0 Å². The first kappa shape index (κ1) is 13.4. The molecule has 1 unspecified atom stereocenters. The van der Waals surface area contributed by atoms with Gasteiger partial charge in [0.25, 0.3) is 0 Å². The molecule has 4 heteroatoms. The van der Waals surface area contributed by atoms with E-state index in [2.05, 4.69) is 29.1 Å². The Morgan fingerprint density at radius 1 is 1.32 bits per heavy atom. The summed E-state index contributed by atoms with van der Waals surface area (Å²) in [6.07, 6.45) is 4.14. The molecule has 1 atom stereocenters. The van der Waals surface area contributed by atoms with E-state index in [9.17, 15) is 4.79 Å². The Kier molecular flexibility index (Phi) is 4.02. The third-order valence-corrected chi connectivity index (χ3v) is 3.27. The van der Waals surface area contributed by atoms with Crippen LogP contribution in [0.2, 0.25) is 0 Å². The molecule has 0 amide bonds. The van der Waals surface area contributed by atoms with Crippen molar-refractivity contribution in [2.75, 3.05) is 7.05 Å². The molecule has 2 rings (SSSR count). The van der Waals surface area contributed by atoms with Crippen molar-refractivity contribution >= 4 is 5.97 Å². The molecule has 0 aliphatic heterocycles. The number of hydrogen-bond donors (Lipinski definition) is 2. The average Bonchev–Trinajstić information content (AvgIpc) is 2.87. The number of carboxylic acids is 1. The predicted molar refractivity (Wildman–Crippen MR) is 74.4 cm³/mol. The average molecular weight is 258 g/mol. The lowest BCUT2D eigenvalue weighted by molar-refractivity contribution is 0.0697. The molecule has 0 radical (unpaired) electrons. The van der Waals surface area contributed by atoms with Gasteiger partial charge in [0.05, 0.1) is 5.56 Å². The molecule has 0 saturated carbocycles. The summed E-state index contributed by atoms with van der Waals surface area (Å²) in [5.41, 5.74) is 2.65. The molecule has 2 aromatic rings. The number of nitrogens with zero attached hydrogens (tertiary/aromatic N) is 1. The molecule has 0 saturated heterocycles. The number of rotatable bonds is 5. The number of aromatic carboxylic acids is 1. The van der Waals surface area contributed by atoms with E-state index in [1.54, 1.807) is 12.1 Å². The maximum Gasteiger partial charge on any atom is 0.335 e. The fourth-order valence-electron chi connectivity index (χ4n) is 1.94. The summed E-state index contributed by atoms with van der Waals surface area (Å²) in [6, 6.07) is 9.40. The van der Waals surface area contributed by atoms with Crippen molar-refractivity contribution in [1.29, 1.82) is 0 Å². The minimum atomic E-state index is -0.891. The topological polar surface area (TPSA) is 54.3 Å². The number of hydrogen-bond acceptors (Lipinski definition) is 2. The molecule has 4 nitrogen and oxygen atoms in total. The number of aromatic nitrogens is 1. The lowest BCUT2D eigenvalue weighted by atomic mass is 10.1. The minimum Gasteiger partial charge on any atom is -0.478 e. The first-order chi connectivity index (χ1) is 9.10. The van der Waals surface area contributed by atoms with Crippen LogP contribution in [0.15, 0.2) is 42.7 Å². The van der Waals surface area contributed by atoms with Gasteiger partial charge in [-0.05, 0) is 43.3 Å². The van der Waals surface area contributed by atoms with Gasteiger partial charge in [0.15, 0.2) is 0 Å². The second-order valence-electron chi connectivity index (χ2n) is 4.63. The third kappa shape index (κ3) is 3.23. The summed E-state index contributed by atoms with van der Waals surface area (Å²) < 4.78 is 2.10. The normalized spacial score (nSPS) is 12.3. The molecular formula is C15H18N2O2. The number of nitrogens with one attached hydrogen (secondary N) is 1. The molecule has 100 valence electrons. The maximum absolute atomic E-state index is 10.8. The van der Waals surface area contributed by atoms with Crippen molar-refractivity contribution in [2.24, 2.45) is 0 Å². The van der Waals surface area contributed by atoms with E-state index in [4.69, 9.17) is 5.11 Å². The highest BCUT2D eigenvalue weighted by atomic mass is 16.4. The van der Waals surface area contributed by atoms with Crippen molar-refractivity contribution in [1.82, 2.24) is 9.88 Å². The summed E-state index contributed by atoms with van der Waals surface area (Å²) in [5.74, 6) is -0.891. The number of carboxylic acid groups (broad SMARTS) is 1. The summed E-state index contributed by atoms with van der Waals surface area (Å²) in [6.45, 7) is 2.86. The smallest absolute Gasteiger partial charge is 0.335 e. The number of carbonyl (C=O) groups is 1. The Balaban J connectivity index is 2.08. The van der Waals surface area contributed by atoms with E-state index in [-0.39, 0.29) is 0 Å². The van der Waals surface area contributed by atoms with Crippen LogP contribution >= 0.6 is 0 Å². The molecule has 0 aliphatic carbocycles. The number of benzene rings is 1. The summed E-state index contributed by atoms with van der Waals surface area (Å²) in [5, 5.41) is 12.0. The molecule has 1 aromatic carbocycles. The summed E-state index contributed by atoms with van der Waals surface area (Å²) in [4.78, 5) is 10.8. The molecule has 0 bridgehead atoms. The van der Waals surface area contributed by atoms with Crippen LogP contribution in [0.1, 0.15) is 34.5 Å². The monoisotopic (exact) mass is 258 g/mol. The van der Waals surface area contributed by atoms with Crippen LogP contribution in [0.4, 0.5) is 0 Å². The van der Waals surface area contributed by atoms with E-state index in [0.29, 0.717) is 11.6 Å². The Labute approximate surface area is 112 Å². The fraction of sp³-hybridized carbons (Fsp3) is 0.267. The van der Waals surface area contributed by atoms with Gasteiger partial charge in [-0.2, -0.15) is 0 Å². The lowest BCUT2D eigenvalue weighted by Gasteiger charge is -2.07. The van der Waals surface area contributed by atoms with Crippen molar-refractivity contribution in [3.05, 3.63) is 59.4 Å². The van der Waals surface area contributed by atoms with Gasteiger partial charge in [-0.15, -0.1) is 0 Å². The van der Waals surface area contributed by atoms with Gasteiger partial charge in [0.1, 0.15) is 0 Å². The lowest BCUT2D eigenvalue weighted by Crippen LogP contribution is -2.11. The SMILES string of the molecule is CNC(C)c1ccn(Cc2ccc(C(=O)O)cc2)c1. The molecular weight excluding hydrogens is 240 g/mol. The molecule has 1 heterocycles. The predicted octanol–water partition coefficient (Wildman–Crippen LogP) is 2.52. The third-order valence-electron chi connectivity index (χ3n) is 3.27. The largest absolute Gasteiger partial charge is 0.478 e. The molecule has 0 fully saturated rings. The van der Waals surface area contributed by atoms with Crippen molar-refractivity contribution in [2.45, 2.75) is 19.5 Å². The van der Waals surface area contributed by atoms with Gasteiger partial charge in [-0.3, -0.25) is 0 Å². The molecule has 2 N–H and O–H groups in total. The van der Waals surface area contributed by atoms with Crippen LogP contribution in [-0.4, -0.2) is 22.7 Å². The highest BCUT2D eigenvalue weighted by Crippen LogP contribution is 2.13. The Morgan fingerprint density at radius 2 is 2.00 bits per heavy atom. The fourth-order valence-corrected chi connectivity index (χ4v) is 1.94.